The second-order valence-electron chi connectivity index (χ2n) is 5.87. The van der Waals surface area contributed by atoms with Crippen molar-refractivity contribution in [2.75, 3.05) is 31.1 Å². The molecule has 0 bridgehead atoms. The van der Waals surface area contributed by atoms with Gasteiger partial charge in [0.1, 0.15) is 11.4 Å². The summed E-state index contributed by atoms with van der Waals surface area (Å²) < 4.78 is 0. The number of nitrogens with zero attached hydrogens (tertiary/aromatic N) is 3. The van der Waals surface area contributed by atoms with E-state index < -0.39 is 5.97 Å². The van der Waals surface area contributed by atoms with Gasteiger partial charge in [-0.3, -0.25) is 4.90 Å². The predicted octanol–water partition coefficient (Wildman–Crippen LogP) is 2.41. The van der Waals surface area contributed by atoms with Crippen LogP contribution in [0.3, 0.4) is 0 Å². The van der Waals surface area contributed by atoms with Gasteiger partial charge in [-0.15, -0.1) is 0 Å². The molecule has 1 aromatic carbocycles. The SMILES string of the molecule is Cc1ccccc1CN1CCN(c2ncccc2C(=O)O)CC1. The number of hydrogen-bond acceptors (Lipinski definition) is 4. The normalized spacial score (nSPS) is 15.6. The van der Waals surface area contributed by atoms with Crippen molar-refractivity contribution in [3.05, 3.63) is 59.3 Å². The minimum Gasteiger partial charge on any atom is -0.478 e. The molecule has 5 nitrogen and oxygen atoms in total. The molecule has 0 atom stereocenters. The van der Waals surface area contributed by atoms with Crippen LogP contribution in [0.4, 0.5) is 5.82 Å². The Morgan fingerprint density at radius 2 is 1.87 bits per heavy atom. The molecule has 1 aliphatic heterocycles. The van der Waals surface area contributed by atoms with E-state index in [1.165, 1.54) is 11.1 Å². The van der Waals surface area contributed by atoms with Gasteiger partial charge >= 0.3 is 5.97 Å². The lowest BCUT2D eigenvalue weighted by Gasteiger charge is -2.36. The number of hydrogen-bond donors (Lipinski definition) is 1. The average Bonchev–Trinajstić information content (AvgIpc) is 2.58. The molecule has 2 heterocycles. The summed E-state index contributed by atoms with van der Waals surface area (Å²) >= 11 is 0. The largest absolute Gasteiger partial charge is 0.478 e. The Balaban J connectivity index is 1.65. The number of piperazine rings is 1. The van der Waals surface area contributed by atoms with E-state index in [9.17, 15) is 9.90 Å². The van der Waals surface area contributed by atoms with Crippen molar-refractivity contribution in [3.63, 3.8) is 0 Å². The Bertz CT molecular complexity index is 694. The number of aromatic carboxylic acids is 1. The van der Waals surface area contributed by atoms with E-state index in [1.54, 1.807) is 18.3 Å². The first-order chi connectivity index (χ1) is 11.1. The van der Waals surface area contributed by atoms with E-state index in [2.05, 4.69) is 46.0 Å². The highest BCUT2D eigenvalue weighted by atomic mass is 16.4. The number of carboxylic acid groups (broad SMARTS) is 1. The number of rotatable bonds is 4. The predicted molar refractivity (Wildman–Crippen MR) is 89.9 cm³/mol. The van der Waals surface area contributed by atoms with Gasteiger partial charge in [0, 0.05) is 38.9 Å². The van der Waals surface area contributed by atoms with Gasteiger partial charge in [0.2, 0.25) is 0 Å². The summed E-state index contributed by atoms with van der Waals surface area (Å²) in [5.41, 5.74) is 2.94. The van der Waals surface area contributed by atoms with E-state index in [4.69, 9.17) is 0 Å². The van der Waals surface area contributed by atoms with Crippen LogP contribution in [0, 0.1) is 6.92 Å². The van der Waals surface area contributed by atoms with Gasteiger partial charge in [-0.25, -0.2) is 9.78 Å². The molecule has 120 valence electrons. The Morgan fingerprint density at radius 3 is 2.57 bits per heavy atom. The molecule has 0 radical (unpaired) electrons. The lowest BCUT2D eigenvalue weighted by molar-refractivity contribution is 0.0697. The minimum atomic E-state index is -0.921. The molecule has 1 aromatic heterocycles. The van der Waals surface area contributed by atoms with Gasteiger partial charge in [0.05, 0.1) is 0 Å². The monoisotopic (exact) mass is 311 g/mol. The summed E-state index contributed by atoms with van der Waals surface area (Å²) in [4.78, 5) is 20.1. The van der Waals surface area contributed by atoms with Crippen molar-refractivity contribution < 1.29 is 9.90 Å². The maximum atomic E-state index is 11.3. The minimum absolute atomic E-state index is 0.278. The summed E-state index contributed by atoms with van der Waals surface area (Å²) in [6.45, 7) is 6.48. The quantitative estimate of drug-likeness (QED) is 0.939. The van der Waals surface area contributed by atoms with Crippen LogP contribution in [0.5, 0.6) is 0 Å². The summed E-state index contributed by atoms with van der Waals surface area (Å²) in [5.74, 6) is -0.342. The fraction of sp³-hybridized carbons (Fsp3) is 0.333. The highest BCUT2D eigenvalue weighted by molar-refractivity contribution is 5.93. The summed E-state index contributed by atoms with van der Waals surface area (Å²) in [6.07, 6.45) is 1.65. The molecule has 0 amide bonds. The third-order valence-electron chi connectivity index (χ3n) is 4.34. The van der Waals surface area contributed by atoms with Crippen molar-refractivity contribution in [2.45, 2.75) is 13.5 Å². The second kappa shape index (κ2) is 6.79. The molecule has 1 saturated heterocycles. The van der Waals surface area contributed by atoms with Gasteiger partial charge in [0.25, 0.3) is 0 Å². The molecule has 0 aliphatic carbocycles. The molecular weight excluding hydrogens is 290 g/mol. The van der Waals surface area contributed by atoms with Crippen LogP contribution in [-0.4, -0.2) is 47.1 Å². The topological polar surface area (TPSA) is 56.7 Å². The number of anilines is 1. The lowest BCUT2D eigenvalue weighted by Crippen LogP contribution is -2.46. The second-order valence-corrected chi connectivity index (χ2v) is 5.87. The number of carboxylic acids is 1. The summed E-state index contributed by atoms with van der Waals surface area (Å²) in [6, 6.07) is 11.7. The van der Waals surface area contributed by atoms with Crippen molar-refractivity contribution in [1.29, 1.82) is 0 Å². The number of carbonyl (C=O) groups is 1. The molecule has 1 N–H and O–H groups in total. The number of pyridine rings is 1. The first kappa shape index (κ1) is 15.5. The first-order valence-electron chi connectivity index (χ1n) is 7.85. The first-order valence-corrected chi connectivity index (χ1v) is 7.85. The van der Waals surface area contributed by atoms with E-state index >= 15 is 0 Å². The Labute approximate surface area is 136 Å². The van der Waals surface area contributed by atoms with Crippen molar-refractivity contribution in [1.82, 2.24) is 9.88 Å². The fourth-order valence-corrected chi connectivity index (χ4v) is 2.96. The molecular formula is C18H21N3O2. The van der Waals surface area contributed by atoms with Gasteiger partial charge < -0.3 is 10.0 Å². The highest BCUT2D eigenvalue weighted by Gasteiger charge is 2.22. The smallest absolute Gasteiger partial charge is 0.339 e. The van der Waals surface area contributed by atoms with Crippen LogP contribution < -0.4 is 4.90 Å². The number of aromatic nitrogens is 1. The molecule has 0 spiro atoms. The van der Waals surface area contributed by atoms with Gasteiger partial charge in [0.15, 0.2) is 0 Å². The van der Waals surface area contributed by atoms with Gasteiger partial charge in [-0.05, 0) is 30.2 Å². The lowest BCUT2D eigenvalue weighted by atomic mass is 10.1. The molecule has 0 saturated carbocycles. The van der Waals surface area contributed by atoms with E-state index in [1.807, 2.05) is 0 Å². The van der Waals surface area contributed by atoms with Crippen molar-refractivity contribution in [3.8, 4) is 0 Å². The summed E-state index contributed by atoms with van der Waals surface area (Å²) in [5, 5.41) is 9.30. The molecule has 5 heteroatoms. The van der Waals surface area contributed by atoms with Crippen molar-refractivity contribution in [2.24, 2.45) is 0 Å². The molecule has 0 unspecified atom stereocenters. The van der Waals surface area contributed by atoms with Crippen LogP contribution in [-0.2, 0) is 6.54 Å². The van der Waals surface area contributed by atoms with Gasteiger partial charge in [-0.1, -0.05) is 24.3 Å². The van der Waals surface area contributed by atoms with Crippen LogP contribution in [0.25, 0.3) is 0 Å². The van der Waals surface area contributed by atoms with Crippen LogP contribution in [0.15, 0.2) is 42.6 Å². The maximum Gasteiger partial charge on any atom is 0.339 e. The average molecular weight is 311 g/mol. The Hall–Kier alpha value is -2.40. The Kier molecular flexibility index (Phi) is 4.57. The fourth-order valence-electron chi connectivity index (χ4n) is 2.96. The van der Waals surface area contributed by atoms with E-state index in [-0.39, 0.29) is 5.56 Å². The molecule has 1 fully saturated rings. The standard InChI is InChI=1S/C18H21N3O2/c1-14-5-2-3-6-15(14)13-20-9-11-21(12-10-20)17-16(18(22)23)7-4-8-19-17/h2-8H,9-13H2,1H3,(H,22,23). The van der Waals surface area contributed by atoms with Gasteiger partial charge in [-0.2, -0.15) is 0 Å². The molecule has 1 aliphatic rings. The van der Waals surface area contributed by atoms with E-state index in [0.29, 0.717) is 5.82 Å². The third-order valence-corrected chi connectivity index (χ3v) is 4.34. The molecule has 23 heavy (non-hydrogen) atoms. The van der Waals surface area contributed by atoms with Crippen LogP contribution in [0.2, 0.25) is 0 Å². The van der Waals surface area contributed by atoms with E-state index in [0.717, 1.165) is 32.7 Å². The zero-order valence-corrected chi connectivity index (χ0v) is 13.3. The molecule has 2 aromatic rings. The maximum absolute atomic E-state index is 11.3. The third kappa shape index (κ3) is 3.51. The molecule has 3 rings (SSSR count). The van der Waals surface area contributed by atoms with Crippen LogP contribution >= 0.6 is 0 Å². The highest BCUT2D eigenvalue weighted by Crippen LogP contribution is 2.20. The number of benzene rings is 1. The zero-order valence-electron chi connectivity index (χ0n) is 13.3. The Morgan fingerprint density at radius 1 is 1.13 bits per heavy atom. The van der Waals surface area contributed by atoms with Crippen molar-refractivity contribution >= 4 is 11.8 Å². The zero-order chi connectivity index (χ0) is 16.2. The van der Waals surface area contributed by atoms with Crippen LogP contribution in [0.1, 0.15) is 21.5 Å². The number of aryl methyl sites for hydroxylation is 1. The summed E-state index contributed by atoms with van der Waals surface area (Å²) in [7, 11) is 0.